The minimum atomic E-state index is -3.81. The Morgan fingerprint density at radius 1 is 0.938 bits per heavy atom. The molecule has 0 spiro atoms. The third kappa shape index (κ3) is 218. The first kappa shape index (κ1) is 26.6. The second kappa shape index (κ2) is 13.5. The van der Waals surface area contributed by atoms with Crippen LogP contribution in [0.25, 0.3) is 0 Å². The molecule has 0 saturated carbocycles. The van der Waals surface area contributed by atoms with Crippen LogP contribution in [0.2, 0.25) is 5.32 Å². The molecule has 0 aromatic heterocycles. The van der Waals surface area contributed by atoms with E-state index < -0.39 is 13.4 Å². The Morgan fingerprint density at radius 2 is 1.00 bits per heavy atom. The van der Waals surface area contributed by atoms with Crippen molar-refractivity contribution in [2.75, 3.05) is 0 Å². The van der Waals surface area contributed by atoms with Crippen LogP contribution in [0.5, 0.6) is 0 Å². The molecule has 111 valence electrons. The standard InChI is InChI=1S/C4H9.2Cu.2H3O3PS/c1-4(2)3;;;2*1-4(2,3)5/h4H,1H2,2-3H3;;;2*(H3,1,2,3,5). The van der Waals surface area contributed by atoms with Crippen molar-refractivity contribution in [3.8, 4) is 0 Å². The van der Waals surface area contributed by atoms with E-state index in [1.807, 2.05) is 0 Å². The first-order valence-corrected chi connectivity index (χ1v) is 9.33. The van der Waals surface area contributed by atoms with Crippen LogP contribution in [-0.4, -0.2) is 29.4 Å². The molecule has 0 amide bonds. The first-order valence-electron chi connectivity index (χ1n) is 3.34. The van der Waals surface area contributed by atoms with E-state index in [0.717, 1.165) is 5.32 Å². The van der Waals surface area contributed by atoms with E-state index in [-0.39, 0.29) is 17.1 Å². The molecule has 0 aromatic rings. The second-order valence-electron chi connectivity index (χ2n) is 2.54. The Morgan fingerprint density at radius 3 is 1.00 bits per heavy atom. The Bertz CT molecular complexity index is 192. The summed E-state index contributed by atoms with van der Waals surface area (Å²) in [5.41, 5.74) is 0. The molecule has 0 rings (SSSR count). The monoisotopic (exact) mass is 411 g/mol. The summed E-state index contributed by atoms with van der Waals surface area (Å²) in [6, 6.07) is 0. The van der Waals surface area contributed by atoms with Gasteiger partial charge in [-0.3, -0.25) is 0 Å². The molecular weight excluding hydrogens is 397 g/mol. The third-order valence-electron chi connectivity index (χ3n) is 0.246. The minimum Gasteiger partial charge on any atom is -0.325 e. The summed E-state index contributed by atoms with van der Waals surface area (Å²) in [6.07, 6.45) is 0. The van der Waals surface area contributed by atoms with Gasteiger partial charge in [-0.05, 0) is 23.6 Å². The van der Waals surface area contributed by atoms with Crippen LogP contribution in [-0.2, 0) is 56.7 Å². The summed E-state index contributed by atoms with van der Waals surface area (Å²) in [5.74, 6) is 0.690. The van der Waals surface area contributed by atoms with Gasteiger partial charge in [-0.25, -0.2) is 0 Å². The van der Waals surface area contributed by atoms with Crippen LogP contribution >= 0.6 is 13.4 Å². The molecule has 0 bridgehead atoms. The van der Waals surface area contributed by atoms with E-state index >= 15 is 0 Å². The van der Waals surface area contributed by atoms with Crippen molar-refractivity contribution in [1.29, 1.82) is 0 Å². The predicted octanol–water partition coefficient (Wildman–Crippen LogP) is -0.0194. The molecule has 6 N–H and O–H groups in total. The van der Waals surface area contributed by atoms with E-state index in [1.165, 1.54) is 0 Å². The molecule has 0 unspecified atom stereocenters. The van der Waals surface area contributed by atoms with Crippen molar-refractivity contribution in [3.63, 3.8) is 0 Å². The average Bonchev–Trinajstić information content (AvgIpc) is 1.79. The Kier molecular flexibility index (Phi) is 22.5. The van der Waals surface area contributed by atoms with Gasteiger partial charge in [0.25, 0.3) is 0 Å². The van der Waals surface area contributed by atoms with Gasteiger partial charge in [-0.15, -0.1) is 0 Å². The SMILES string of the molecule is CC(C)[CH2][Cu].OP(O)(O)=S.OP(O)(O)=S.[Cu]. The van der Waals surface area contributed by atoms with E-state index in [9.17, 15) is 0 Å². The topological polar surface area (TPSA) is 121 Å². The molecule has 0 aliphatic rings. The summed E-state index contributed by atoms with van der Waals surface area (Å²) in [7, 11) is 0. The number of hydrogen-bond acceptors (Lipinski definition) is 2. The molecule has 6 nitrogen and oxygen atoms in total. The van der Waals surface area contributed by atoms with E-state index in [2.05, 4.69) is 37.5 Å². The van der Waals surface area contributed by atoms with Gasteiger partial charge < -0.3 is 29.4 Å². The maximum absolute atomic E-state index is 7.56. The van der Waals surface area contributed by atoms with Gasteiger partial charge in [0.2, 0.25) is 0 Å². The van der Waals surface area contributed by atoms with Crippen LogP contribution in [0.4, 0.5) is 0 Å². The van der Waals surface area contributed by atoms with Gasteiger partial charge in [-0.1, -0.05) is 0 Å². The molecule has 0 heterocycles. The van der Waals surface area contributed by atoms with E-state index in [4.69, 9.17) is 45.4 Å². The molecule has 0 aromatic carbocycles. The van der Waals surface area contributed by atoms with Crippen molar-refractivity contribution >= 4 is 37.1 Å². The fraction of sp³-hybridized carbons (Fsp3) is 1.00. The van der Waals surface area contributed by atoms with Crippen molar-refractivity contribution in [2.24, 2.45) is 5.92 Å². The molecule has 0 fully saturated rings. The molecule has 0 saturated heterocycles. The molecule has 0 aliphatic carbocycles. The fourth-order valence-electron chi connectivity index (χ4n) is 0. The summed E-state index contributed by atoms with van der Waals surface area (Å²) in [6.45, 7) is -3.39. The molecule has 1 radical (unpaired) electrons. The largest absolute Gasteiger partial charge is 0.325 e. The first-order chi connectivity index (χ1) is 6.27. The van der Waals surface area contributed by atoms with Crippen LogP contribution in [0.15, 0.2) is 0 Å². The zero-order chi connectivity index (χ0) is 13.3. The Hall–Kier alpha value is 2.10. The van der Waals surface area contributed by atoms with Crippen LogP contribution < -0.4 is 0 Å². The van der Waals surface area contributed by atoms with Crippen molar-refractivity contribution in [3.05, 3.63) is 0 Å². The van der Waals surface area contributed by atoms with Crippen molar-refractivity contribution in [1.82, 2.24) is 0 Å². The zero-order valence-electron chi connectivity index (χ0n) is 8.28. The Balaban J connectivity index is -0.0000000655. The number of hydrogen-bond donors (Lipinski definition) is 6. The van der Waals surface area contributed by atoms with Gasteiger partial charge in [0.1, 0.15) is 0 Å². The normalized spacial score (nSPS) is 10.4. The molecule has 0 atom stereocenters. The van der Waals surface area contributed by atoms with E-state index in [1.54, 1.807) is 0 Å². The van der Waals surface area contributed by atoms with Crippen molar-refractivity contribution in [2.45, 2.75) is 19.2 Å². The molecule has 0 aliphatic heterocycles. The van der Waals surface area contributed by atoms with Gasteiger partial charge in [-0.2, -0.15) is 0 Å². The Labute approximate surface area is 124 Å². The third-order valence-corrected chi connectivity index (χ3v) is 1.02. The summed E-state index contributed by atoms with van der Waals surface area (Å²) < 4.78 is 0. The average molecular weight is 412 g/mol. The van der Waals surface area contributed by atoms with Crippen molar-refractivity contribution < 1.29 is 62.4 Å². The summed E-state index contributed by atoms with van der Waals surface area (Å²) in [5, 5.41) is 0.868. The van der Waals surface area contributed by atoms with Gasteiger partial charge >= 0.3 is 54.5 Å². The molecule has 12 heteroatoms. The maximum atomic E-state index is 7.56. The summed E-state index contributed by atoms with van der Waals surface area (Å²) in [4.78, 5) is 45.3. The fourth-order valence-corrected chi connectivity index (χ4v) is 0. The minimum absolute atomic E-state index is 0. The predicted molar refractivity (Wildman–Crippen MR) is 61.5 cm³/mol. The second-order valence-corrected chi connectivity index (χ2v) is 7.92. The quantitative estimate of drug-likeness (QED) is 0.263. The summed E-state index contributed by atoms with van der Waals surface area (Å²) >= 11 is 12.0. The van der Waals surface area contributed by atoms with E-state index in [0.29, 0.717) is 5.92 Å². The van der Waals surface area contributed by atoms with Crippen LogP contribution in [0.1, 0.15) is 13.8 Å². The van der Waals surface area contributed by atoms with Gasteiger partial charge in [0.15, 0.2) is 0 Å². The van der Waals surface area contributed by atoms with Gasteiger partial charge in [0, 0.05) is 17.1 Å². The van der Waals surface area contributed by atoms with Crippen LogP contribution in [0, 0.1) is 5.92 Å². The van der Waals surface area contributed by atoms with Gasteiger partial charge in [0.05, 0.1) is 0 Å². The number of rotatable bonds is 1. The van der Waals surface area contributed by atoms with Crippen LogP contribution in [0.3, 0.4) is 0 Å². The zero-order valence-corrected chi connectivity index (χ0v) is 13.6. The molecular formula is C4H15Cu2O6P2S2. The smallest absolute Gasteiger partial charge is 0.319 e. The maximum Gasteiger partial charge on any atom is 0.319 e. The molecule has 16 heavy (non-hydrogen) atoms.